The van der Waals surface area contributed by atoms with Gasteiger partial charge in [0, 0.05) is 16.5 Å². The molecule has 0 amide bonds. The standard InChI is InChI=1S/C5H10.C5H8.Ni/c2*1-2-4-5-3-1;/h1-5H2;1-2H,3-5H2;. The second-order valence-electron chi connectivity index (χ2n) is 3.17. The second-order valence-corrected chi connectivity index (χ2v) is 3.17. The van der Waals surface area contributed by atoms with E-state index in [2.05, 4.69) is 12.8 Å². The van der Waals surface area contributed by atoms with Gasteiger partial charge in [0.05, 0.1) is 0 Å². The molecule has 0 unspecified atom stereocenters. The van der Waals surface area contributed by atoms with Crippen molar-refractivity contribution in [1.29, 1.82) is 0 Å². The molecule has 2 fully saturated rings. The predicted octanol–water partition coefficient (Wildman–Crippen LogP) is 3.53. The molecular weight excluding hydrogens is 179 g/mol. The van der Waals surface area contributed by atoms with Gasteiger partial charge in [-0.25, -0.2) is 0 Å². The zero-order valence-corrected chi connectivity index (χ0v) is 8.12. The van der Waals surface area contributed by atoms with E-state index in [1.807, 2.05) is 0 Å². The molecule has 0 aromatic heterocycles. The Morgan fingerprint density at radius 1 is 0.545 bits per heavy atom. The van der Waals surface area contributed by atoms with Crippen molar-refractivity contribution in [3.8, 4) is 0 Å². The minimum atomic E-state index is 0. The van der Waals surface area contributed by atoms with Gasteiger partial charge in [-0.2, -0.15) is 0 Å². The summed E-state index contributed by atoms with van der Waals surface area (Å²) in [5, 5.41) is 0. The topological polar surface area (TPSA) is 0 Å². The zero-order chi connectivity index (χ0) is 7.07. The first-order valence-corrected chi connectivity index (χ1v) is 4.65. The fraction of sp³-hybridized carbons (Fsp3) is 0.800. The van der Waals surface area contributed by atoms with Crippen molar-refractivity contribution in [3.05, 3.63) is 12.8 Å². The van der Waals surface area contributed by atoms with Crippen LogP contribution in [0.5, 0.6) is 0 Å². The van der Waals surface area contributed by atoms with E-state index in [9.17, 15) is 0 Å². The summed E-state index contributed by atoms with van der Waals surface area (Å²) in [5.41, 5.74) is 0. The average molecular weight is 197 g/mol. The third-order valence-electron chi connectivity index (χ3n) is 2.16. The summed E-state index contributed by atoms with van der Waals surface area (Å²) in [6, 6.07) is 0. The molecule has 1 heteroatoms. The molecule has 2 saturated carbocycles. The Labute approximate surface area is 81.1 Å². The summed E-state index contributed by atoms with van der Waals surface area (Å²) < 4.78 is 0. The van der Waals surface area contributed by atoms with Gasteiger partial charge < -0.3 is 0 Å². The molecule has 0 heterocycles. The quantitative estimate of drug-likeness (QED) is 0.521. The molecule has 11 heavy (non-hydrogen) atoms. The van der Waals surface area contributed by atoms with Gasteiger partial charge in [-0.05, 0) is 25.7 Å². The molecule has 2 rings (SSSR count). The molecule has 0 bridgehead atoms. The normalized spacial score (nSPS) is 21.8. The Morgan fingerprint density at radius 2 is 0.909 bits per heavy atom. The van der Waals surface area contributed by atoms with Gasteiger partial charge in [0.15, 0.2) is 0 Å². The SMILES string of the molecule is C1CCCC1.[CH]1[CH]CCC1.[Ni]. The fourth-order valence-corrected chi connectivity index (χ4v) is 1.47. The molecule has 0 aromatic carbocycles. The zero-order valence-electron chi connectivity index (χ0n) is 7.13. The van der Waals surface area contributed by atoms with Crippen LogP contribution in [0.15, 0.2) is 0 Å². The Morgan fingerprint density at radius 3 is 1.09 bits per heavy atom. The summed E-state index contributed by atoms with van der Waals surface area (Å²) in [6.07, 6.45) is 16.0. The van der Waals surface area contributed by atoms with E-state index >= 15 is 0 Å². The van der Waals surface area contributed by atoms with Crippen LogP contribution in [0.25, 0.3) is 0 Å². The molecule has 0 atom stereocenters. The van der Waals surface area contributed by atoms with Crippen molar-refractivity contribution in [2.24, 2.45) is 0 Å². The number of rotatable bonds is 0. The smallest absolute Gasteiger partial charge is 0 e. The summed E-state index contributed by atoms with van der Waals surface area (Å²) in [5.74, 6) is 0. The minimum absolute atomic E-state index is 0. The first-order chi connectivity index (χ1) is 5.00. The largest absolute Gasteiger partial charge is 0.0533 e. The molecule has 2 aliphatic rings. The van der Waals surface area contributed by atoms with Crippen LogP contribution in [0, 0.1) is 12.8 Å². The molecule has 0 saturated heterocycles. The van der Waals surface area contributed by atoms with E-state index < -0.39 is 0 Å². The Balaban J connectivity index is 0.000000167. The van der Waals surface area contributed by atoms with Crippen LogP contribution >= 0.6 is 0 Å². The van der Waals surface area contributed by atoms with Gasteiger partial charge in [-0.3, -0.25) is 0 Å². The summed E-state index contributed by atoms with van der Waals surface area (Å²) >= 11 is 0. The predicted molar refractivity (Wildman–Crippen MR) is 45.5 cm³/mol. The number of hydrogen-bond acceptors (Lipinski definition) is 0. The van der Waals surface area contributed by atoms with Crippen molar-refractivity contribution in [2.75, 3.05) is 0 Å². The molecule has 0 N–H and O–H groups in total. The van der Waals surface area contributed by atoms with Crippen molar-refractivity contribution < 1.29 is 16.5 Å². The van der Waals surface area contributed by atoms with Crippen molar-refractivity contribution in [3.63, 3.8) is 0 Å². The Kier molecular flexibility index (Phi) is 8.97. The van der Waals surface area contributed by atoms with Crippen LogP contribution in [0.3, 0.4) is 0 Å². The van der Waals surface area contributed by atoms with Gasteiger partial charge in [-0.15, -0.1) is 0 Å². The van der Waals surface area contributed by atoms with Crippen molar-refractivity contribution >= 4 is 0 Å². The molecule has 2 radical (unpaired) electrons. The minimum Gasteiger partial charge on any atom is -0.0533 e. The van der Waals surface area contributed by atoms with Crippen molar-refractivity contribution in [2.45, 2.75) is 51.4 Å². The fourth-order valence-electron chi connectivity index (χ4n) is 1.47. The van der Waals surface area contributed by atoms with E-state index in [0.29, 0.717) is 0 Å². The van der Waals surface area contributed by atoms with E-state index in [-0.39, 0.29) is 16.5 Å². The summed E-state index contributed by atoms with van der Waals surface area (Å²) in [6.45, 7) is 0. The van der Waals surface area contributed by atoms with Gasteiger partial charge in [0.25, 0.3) is 0 Å². The third kappa shape index (κ3) is 6.87. The molecule has 0 aliphatic heterocycles. The maximum Gasteiger partial charge on any atom is 0 e. The van der Waals surface area contributed by atoms with Crippen molar-refractivity contribution in [1.82, 2.24) is 0 Å². The summed E-state index contributed by atoms with van der Waals surface area (Å²) in [7, 11) is 0. The van der Waals surface area contributed by atoms with Gasteiger partial charge in [0.1, 0.15) is 0 Å². The van der Waals surface area contributed by atoms with Gasteiger partial charge in [-0.1, -0.05) is 38.5 Å². The molecule has 0 nitrogen and oxygen atoms in total. The van der Waals surface area contributed by atoms with Crippen LogP contribution in [0.4, 0.5) is 0 Å². The van der Waals surface area contributed by atoms with Crippen LogP contribution in [0.2, 0.25) is 0 Å². The average Bonchev–Trinajstić information content (AvgIpc) is 2.67. The van der Waals surface area contributed by atoms with E-state index in [0.717, 1.165) is 0 Å². The molecule has 2 aliphatic carbocycles. The van der Waals surface area contributed by atoms with Crippen LogP contribution in [-0.2, 0) is 16.5 Å². The third-order valence-corrected chi connectivity index (χ3v) is 2.16. The molecule has 0 aromatic rings. The van der Waals surface area contributed by atoms with E-state index in [1.165, 1.54) is 51.4 Å². The first-order valence-electron chi connectivity index (χ1n) is 4.65. The van der Waals surface area contributed by atoms with Gasteiger partial charge in [0.2, 0.25) is 0 Å². The van der Waals surface area contributed by atoms with Crippen LogP contribution in [0.1, 0.15) is 51.4 Å². The Bertz CT molecular complexity index is 38.1. The molecule has 68 valence electrons. The van der Waals surface area contributed by atoms with E-state index in [4.69, 9.17) is 0 Å². The Hall–Kier alpha value is 0.494. The maximum absolute atomic E-state index is 2.24. The van der Waals surface area contributed by atoms with Crippen LogP contribution in [-0.4, -0.2) is 0 Å². The molecule has 0 spiro atoms. The number of hydrogen-bond donors (Lipinski definition) is 0. The summed E-state index contributed by atoms with van der Waals surface area (Å²) in [4.78, 5) is 0. The maximum atomic E-state index is 2.24. The molecular formula is C10H18Ni. The monoisotopic (exact) mass is 196 g/mol. The van der Waals surface area contributed by atoms with Crippen LogP contribution < -0.4 is 0 Å². The first kappa shape index (κ1) is 11.5. The van der Waals surface area contributed by atoms with E-state index in [1.54, 1.807) is 0 Å². The second kappa shape index (κ2) is 8.59. The van der Waals surface area contributed by atoms with Gasteiger partial charge >= 0.3 is 0 Å².